The lowest BCUT2D eigenvalue weighted by Crippen LogP contribution is -2.54. The number of aryl methyl sites for hydroxylation is 2. The predicted molar refractivity (Wildman–Crippen MR) is 216 cm³/mol. The van der Waals surface area contributed by atoms with Crippen LogP contribution in [0.4, 0.5) is 0 Å². The largest absolute Gasteiger partial charge is 0.469 e. The number of nitrogens with zero attached hydrogens (tertiary/aromatic N) is 2. The number of fused-ring (bicyclic) bond motifs is 1. The highest BCUT2D eigenvalue weighted by atomic mass is 28.4. The number of allylic oxidation sites excluding steroid dienone is 1. The molecule has 0 amide bonds. The summed E-state index contributed by atoms with van der Waals surface area (Å²) in [5.74, 6) is 0.349. The molecule has 0 aliphatic carbocycles. The number of benzene rings is 1. The summed E-state index contributed by atoms with van der Waals surface area (Å²) >= 11 is 0. The molecule has 290 valence electrons. The predicted octanol–water partition coefficient (Wildman–Crippen LogP) is 10.2. The van der Waals surface area contributed by atoms with E-state index in [4.69, 9.17) is 13.6 Å². The molecule has 8 nitrogen and oxygen atoms in total. The third-order valence-corrected chi connectivity index (χ3v) is 21.0. The summed E-state index contributed by atoms with van der Waals surface area (Å²) in [6.07, 6.45) is 6.00. The number of rotatable bonds is 18. The van der Waals surface area contributed by atoms with E-state index in [0.717, 1.165) is 41.7 Å². The second-order valence-corrected chi connectivity index (χ2v) is 28.0. The van der Waals surface area contributed by atoms with Crippen LogP contribution >= 0.6 is 0 Å². The Morgan fingerprint density at radius 1 is 0.941 bits per heavy atom. The maximum atomic E-state index is 14.7. The first kappa shape index (κ1) is 45.0. The molecule has 0 aliphatic heterocycles. The summed E-state index contributed by atoms with van der Waals surface area (Å²) in [7, 11) is -1.19. The van der Waals surface area contributed by atoms with Gasteiger partial charge in [0.1, 0.15) is 11.6 Å². The molecule has 1 heterocycles. The van der Waals surface area contributed by atoms with Crippen LogP contribution in [0.3, 0.4) is 0 Å². The lowest BCUT2D eigenvalue weighted by molar-refractivity contribution is -0.148. The Kier molecular flexibility index (Phi) is 15.3. The van der Waals surface area contributed by atoms with E-state index in [0.29, 0.717) is 6.42 Å². The smallest absolute Gasteiger partial charge is 0.308 e. The van der Waals surface area contributed by atoms with Crippen molar-refractivity contribution in [1.29, 1.82) is 0 Å². The van der Waals surface area contributed by atoms with Crippen molar-refractivity contribution in [1.82, 2.24) is 9.55 Å². The van der Waals surface area contributed by atoms with Gasteiger partial charge in [0, 0.05) is 18.4 Å². The quantitative estimate of drug-likeness (QED) is 0.0702. The first-order valence-corrected chi connectivity index (χ1v) is 24.7. The molecule has 2 aromatic rings. The molecule has 0 bridgehead atoms. The number of hydrogen-bond acceptors (Lipinski definition) is 7. The van der Waals surface area contributed by atoms with Crippen molar-refractivity contribution in [2.75, 3.05) is 7.11 Å². The number of hydrogen-bond donors (Lipinski definition) is 1. The van der Waals surface area contributed by atoms with Crippen LogP contribution in [0.2, 0.25) is 36.3 Å². The first-order chi connectivity index (χ1) is 23.2. The summed E-state index contributed by atoms with van der Waals surface area (Å²) < 4.78 is 21.1. The molecule has 1 N–H and O–H groups in total. The first-order valence-electron chi connectivity index (χ1n) is 18.9. The average Bonchev–Trinajstić information content (AvgIpc) is 3.30. The number of carbonyl (C=O) groups is 2. The van der Waals surface area contributed by atoms with E-state index in [1.807, 2.05) is 52.9 Å². The molecular formula is C41H72N2O6Si2. The SMILES string of the molecule is COC(=O)C[C@H](O[Si](C)(C)C(C)(C)C)C(C)(C)C(=O)[C@H](C)[C@@H](O[Si](C)(C)C(C)(C)C)[C@@H](C)CCC/C=C\C[C@@H](O)c1ccc2c(c1)nc(C)n2C. The van der Waals surface area contributed by atoms with Crippen molar-refractivity contribution in [3.8, 4) is 0 Å². The number of imidazole rings is 1. The van der Waals surface area contributed by atoms with Crippen molar-refractivity contribution in [2.24, 2.45) is 24.3 Å². The van der Waals surface area contributed by atoms with Crippen LogP contribution in [-0.2, 0) is 30.2 Å². The Hall–Kier alpha value is -2.12. The second-order valence-electron chi connectivity index (χ2n) is 18.5. The molecule has 0 saturated carbocycles. The fraction of sp³-hybridized carbons (Fsp3) is 0.732. The zero-order valence-electron chi connectivity index (χ0n) is 35.2. The number of Topliss-reactive ketones (excluding diaryl/α,β-unsaturated/α-hetero) is 1. The van der Waals surface area contributed by atoms with E-state index in [1.54, 1.807) is 0 Å². The molecule has 1 aromatic heterocycles. The summed E-state index contributed by atoms with van der Waals surface area (Å²) in [5, 5.41) is 10.8. The van der Waals surface area contributed by atoms with Crippen LogP contribution in [0.25, 0.3) is 11.0 Å². The standard InChI is InChI=1S/C41H72N2O6Si2/c1-28(22-20-18-19-21-23-34(44)31-24-25-33-32(26-31)42-30(3)43(33)12)37(49-51(16,17)40(7,8)9)29(2)38(46)41(10,11)35(27-36(45)47-13)48-50(14,15)39(4,5)6/h19,21,24-26,28-29,34-35,37,44H,18,20,22-23,27H2,1-17H3/b21-19-/t28-,29+,34+,35-,37-/m0/s1. The lowest BCUT2D eigenvalue weighted by atomic mass is 9.73. The van der Waals surface area contributed by atoms with Crippen molar-refractivity contribution in [2.45, 2.75) is 163 Å². The van der Waals surface area contributed by atoms with Gasteiger partial charge in [-0.3, -0.25) is 9.59 Å². The zero-order chi connectivity index (χ0) is 39.3. The number of aliphatic hydroxyl groups excluding tert-OH is 1. The molecule has 0 radical (unpaired) electrons. The fourth-order valence-corrected chi connectivity index (χ4v) is 8.99. The zero-order valence-corrected chi connectivity index (χ0v) is 37.2. The van der Waals surface area contributed by atoms with Crippen LogP contribution in [-0.4, -0.2) is 62.4 Å². The van der Waals surface area contributed by atoms with E-state index < -0.39 is 40.2 Å². The molecular weight excluding hydrogens is 673 g/mol. The number of esters is 1. The molecule has 10 heteroatoms. The Labute approximate surface area is 312 Å². The van der Waals surface area contributed by atoms with Gasteiger partial charge in [0.25, 0.3) is 0 Å². The Morgan fingerprint density at radius 3 is 2.06 bits per heavy atom. The topological polar surface area (TPSA) is 99.9 Å². The van der Waals surface area contributed by atoms with Gasteiger partial charge >= 0.3 is 5.97 Å². The van der Waals surface area contributed by atoms with Crippen molar-refractivity contribution in [3.05, 3.63) is 41.7 Å². The van der Waals surface area contributed by atoms with Gasteiger partial charge in [-0.25, -0.2) is 4.98 Å². The van der Waals surface area contributed by atoms with Gasteiger partial charge in [0.2, 0.25) is 0 Å². The lowest BCUT2D eigenvalue weighted by Gasteiger charge is -2.46. The van der Waals surface area contributed by atoms with Crippen LogP contribution < -0.4 is 0 Å². The number of aliphatic hydroxyl groups is 1. The van der Waals surface area contributed by atoms with Crippen LogP contribution in [0, 0.1) is 24.2 Å². The number of aromatic nitrogens is 2. The number of unbranched alkanes of at least 4 members (excludes halogenated alkanes) is 1. The Morgan fingerprint density at radius 2 is 1.51 bits per heavy atom. The highest BCUT2D eigenvalue weighted by molar-refractivity contribution is 6.74. The molecule has 0 aliphatic rings. The fourth-order valence-electron chi connectivity index (χ4n) is 6.08. The van der Waals surface area contributed by atoms with Crippen LogP contribution in [0.1, 0.15) is 119 Å². The summed E-state index contributed by atoms with van der Waals surface area (Å²) in [5.41, 5.74) is 1.89. The van der Waals surface area contributed by atoms with Gasteiger partial charge in [-0.15, -0.1) is 0 Å². The van der Waals surface area contributed by atoms with E-state index >= 15 is 0 Å². The molecule has 51 heavy (non-hydrogen) atoms. The molecule has 0 saturated heterocycles. The number of ketones is 1. The molecule has 1 aromatic carbocycles. The Balaban J connectivity index is 2.22. The van der Waals surface area contributed by atoms with E-state index in [-0.39, 0.29) is 40.3 Å². The van der Waals surface area contributed by atoms with Crippen molar-refractivity contribution < 1.29 is 28.3 Å². The Bertz CT molecular complexity index is 1500. The van der Waals surface area contributed by atoms with E-state index in [1.165, 1.54) is 7.11 Å². The van der Waals surface area contributed by atoms with Crippen LogP contribution in [0.15, 0.2) is 30.4 Å². The highest BCUT2D eigenvalue weighted by Crippen LogP contribution is 2.44. The van der Waals surface area contributed by atoms with E-state index in [9.17, 15) is 14.7 Å². The average molecular weight is 745 g/mol. The third kappa shape index (κ3) is 11.4. The number of methoxy groups -OCH3 is 1. The maximum absolute atomic E-state index is 14.7. The maximum Gasteiger partial charge on any atom is 0.308 e. The monoisotopic (exact) mass is 744 g/mol. The van der Waals surface area contributed by atoms with Crippen molar-refractivity contribution >= 4 is 39.4 Å². The van der Waals surface area contributed by atoms with Gasteiger partial charge in [-0.2, -0.15) is 0 Å². The normalized spacial score (nSPS) is 16.7. The van der Waals surface area contributed by atoms with Gasteiger partial charge in [-0.05, 0) is 92.5 Å². The molecule has 5 atom stereocenters. The third-order valence-electron chi connectivity index (χ3n) is 12.0. The minimum atomic E-state index is -2.33. The molecule has 0 fully saturated rings. The second kappa shape index (κ2) is 17.4. The molecule has 0 spiro atoms. The molecule has 0 unspecified atom stereocenters. The minimum Gasteiger partial charge on any atom is -0.469 e. The van der Waals surface area contributed by atoms with Gasteiger partial charge < -0.3 is 23.3 Å². The highest BCUT2D eigenvalue weighted by Gasteiger charge is 2.50. The number of carbonyl (C=O) groups excluding carboxylic acids is 2. The van der Waals surface area contributed by atoms with Crippen molar-refractivity contribution in [3.63, 3.8) is 0 Å². The molecule has 2 rings (SSSR count). The van der Waals surface area contributed by atoms with Crippen LogP contribution in [0.5, 0.6) is 0 Å². The van der Waals surface area contributed by atoms with Gasteiger partial charge in [0.15, 0.2) is 16.6 Å². The summed E-state index contributed by atoms with van der Waals surface area (Å²) in [6.45, 7) is 32.0. The van der Waals surface area contributed by atoms with Gasteiger partial charge in [-0.1, -0.05) is 87.5 Å². The summed E-state index contributed by atoms with van der Waals surface area (Å²) in [6, 6.07) is 5.98. The minimum absolute atomic E-state index is 0.0222. The van der Waals surface area contributed by atoms with Gasteiger partial charge in [0.05, 0.1) is 42.9 Å². The summed E-state index contributed by atoms with van der Waals surface area (Å²) in [4.78, 5) is 31.9. The van der Waals surface area contributed by atoms with E-state index in [2.05, 4.69) is 96.4 Å². The number of ether oxygens (including phenoxy) is 1.